The Kier molecular flexibility index (Phi) is 3.74. The van der Waals surface area contributed by atoms with Gasteiger partial charge < -0.3 is 10.5 Å². The molecule has 1 saturated carbocycles. The van der Waals surface area contributed by atoms with E-state index in [0.29, 0.717) is 19.1 Å². The number of hydrogen-bond acceptors (Lipinski definition) is 3. The van der Waals surface area contributed by atoms with Crippen molar-refractivity contribution in [2.75, 3.05) is 6.54 Å². The maximum Gasteiger partial charge on any atom is 0.141 e. The first kappa shape index (κ1) is 12.5. The summed E-state index contributed by atoms with van der Waals surface area (Å²) in [5.74, 6) is 0.330. The van der Waals surface area contributed by atoms with Gasteiger partial charge in [-0.1, -0.05) is 6.92 Å². The average molecular weight is 238 g/mol. The second kappa shape index (κ2) is 5.10. The van der Waals surface area contributed by atoms with E-state index < -0.39 is 0 Å². The molecule has 94 valence electrons. The second-order valence-electron chi connectivity index (χ2n) is 5.04. The number of nitrogens with two attached hydrogens (primary N) is 1. The van der Waals surface area contributed by atoms with Crippen LogP contribution in [0, 0.1) is 11.7 Å². The summed E-state index contributed by atoms with van der Waals surface area (Å²) in [5, 5.41) is 0. The van der Waals surface area contributed by atoms with Crippen molar-refractivity contribution in [3.05, 3.63) is 29.8 Å². The van der Waals surface area contributed by atoms with Crippen LogP contribution in [-0.4, -0.2) is 17.1 Å². The van der Waals surface area contributed by atoms with Crippen LogP contribution in [0.25, 0.3) is 0 Å². The molecule has 2 unspecified atom stereocenters. The van der Waals surface area contributed by atoms with Gasteiger partial charge in [0.15, 0.2) is 0 Å². The fourth-order valence-electron chi connectivity index (χ4n) is 2.50. The molecular formula is C13H19FN2O. The number of aromatic nitrogens is 1. The van der Waals surface area contributed by atoms with E-state index in [9.17, 15) is 4.39 Å². The van der Waals surface area contributed by atoms with Gasteiger partial charge in [0, 0.05) is 12.7 Å². The Balaban J connectivity index is 1.97. The van der Waals surface area contributed by atoms with Gasteiger partial charge in [-0.2, -0.15) is 0 Å². The van der Waals surface area contributed by atoms with Crippen LogP contribution in [0.5, 0.6) is 0 Å². The average Bonchev–Trinajstić information content (AvgIpc) is 2.70. The molecule has 1 heterocycles. The van der Waals surface area contributed by atoms with Crippen LogP contribution < -0.4 is 5.73 Å². The Morgan fingerprint density at radius 1 is 1.59 bits per heavy atom. The van der Waals surface area contributed by atoms with E-state index in [1.54, 1.807) is 6.20 Å². The number of hydrogen-bond donors (Lipinski definition) is 1. The Morgan fingerprint density at radius 3 is 3.00 bits per heavy atom. The van der Waals surface area contributed by atoms with Gasteiger partial charge in [-0.25, -0.2) is 4.39 Å². The molecule has 0 amide bonds. The monoisotopic (exact) mass is 238 g/mol. The highest BCUT2D eigenvalue weighted by Crippen LogP contribution is 2.37. The molecule has 0 aliphatic heterocycles. The van der Waals surface area contributed by atoms with E-state index in [2.05, 4.69) is 11.9 Å². The van der Waals surface area contributed by atoms with E-state index in [1.165, 1.54) is 12.3 Å². The minimum Gasteiger partial charge on any atom is -0.369 e. The van der Waals surface area contributed by atoms with Crippen molar-refractivity contribution in [3.8, 4) is 0 Å². The first-order valence-corrected chi connectivity index (χ1v) is 6.07. The summed E-state index contributed by atoms with van der Waals surface area (Å²) >= 11 is 0. The highest BCUT2D eigenvalue weighted by atomic mass is 19.1. The molecule has 1 aliphatic rings. The topological polar surface area (TPSA) is 48.1 Å². The molecule has 0 spiro atoms. The van der Waals surface area contributed by atoms with Gasteiger partial charge in [0.1, 0.15) is 5.82 Å². The standard InChI is InChI=1S/C13H19FN2O/c1-10-2-3-13(5-10,9-15)17-8-11-4-12(14)7-16-6-11/h4,6-7,10H,2-3,5,8-9,15H2,1H3. The molecule has 0 bridgehead atoms. The summed E-state index contributed by atoms with van der Waals surface area (Å²) in [5.41, 5.74) is 6.36. The molecule has 4 heteroatoms. The lowest BCUT2D eigenvalue weighted by Crippen LogP contribution is -2.38. The van der Waals surface area contributed by atoms with Crippen molar-refractivity contribution in [1.29, 1.82) is 0 Å². The van der Waals surface area contributed by atoms with Gasteiger partial charge in [-0.3, -0.25) is 4.98 Å². The highest BCUT2D eigenvalue weighted by molar-refractivity contribution is 5.09. The lowest BCUT2D eigenvalue weighted by atomic mass is 10.0. The molecule has 0 radical (unpaired) electrons. The first-order valence-electron chi connectivity index (χ1n) is 6.07. The normalized spacial score (nSPS) is 28.5. The lowest BCUT2D eigenvalue weighted by molar-refractivity contribution is -0.0472. The summed E-state index contributed by atoms with van der Waals surface area (Å²) in [7, 11) is 0. The SMILES string of the molecule is CC1CCC(CN)(OCc2cncc(F)c2)C1. The molecule has 3 nitrogen and oxygen atoms in total. The number of ether oxygens (including phenoxy) is 1. The fraction of sp³-hybridized carbons (Fsp3) is 0.615. The number of rotatable bonds is 4. The Hall–Kier alpha value is -1.00. The van der Waals surface area contributed by atoms with E-state index >= 15 is 0 Å². The van der Waals surface area contributed by atoms with Gasteiger partial charge in [0.05, 0.1) is 18.4 Å². The number of nitrogens with zero attached hydrogens (tertiary/aromatic N) is 1. The summed E-state index contributed by atoms with van der Waals surface area (Å²) in [6, 6.07) is 1.45. The molecule has 1 aromatic heterocycles. The van der Waals surface area contributed by atoms with Crippen LogP contribution in [-0.2, 0) is 11.3 Å². The van der Waals surface area contributed by atoms with Gasteiger partial charge in [-0.05, 0) is 36.8 Å². The molecule has 0 saturated heterocycles. The van der Waals surface area contributed by atoms with Gasteiger partial charge in [0.25, 0.3) is 0 Å². The molecule has 1 aromatic rings. The van der Waals surface area contributed by atoms with E-state index in [1.807, 2.05) is 0 Å². The fourth-order valence-corrected chi connectivity index (χ4v) is 2.50. The molecule has 2 atom stereocenters. The summed E-state index contributed by atoms with van der Waals surface area (Å²) < 4.78 is 18.9. The van der Waals surface area contributed by atoms with E-state index in [0.717, 1.165) is 24.8 Å². The maximum absolute atomic E-state index is 13.0. The molecule has 2 N–H and O–H groups in total. The second-order valence-corrected chi connectivity index (χ2v) is 5.04. The molecular weight excluding hydrogens is 219 g/mol. The smallest absolute Gasteiger partial charge is 0.141 e. The molecule has 17 heavy (non-hydrogen) atoms. The zero-order chi connectivity index (χ0) is 12.3. The van der Waals surface area contributed by atoms with Crippen LogP contribution in [0.3, 0.4) is 0 Å². The Bertz CT molecular complexity index is 385. The first-order chi connectivity index (χ1) is 8.13. The van der Waals surface area contributed by atoms with Crippen LogP contribution >= 0.6 is 0 Å². The van der Waals surface area contributed by atoms with Crippen molar-refractivity contribution >= 4 is 0 Å². The molecule has 1 fully saturated rings. The minimum absolute atomic E-state index is 0.217. The predicted molar refractivity (Wildman–Crippen MR) is 63.8 cm³/mol. The third kappa shape index (κ3) is 3.01. The van der Waals surface area contributed by atoms with Crippen LogP contribution in [0.4, 0.5) is 4.39 Å². The molecule has 1 aliphatic carbocycles. The van der Waals surface area contributed by atoms with Crippen LogP contribution in [0.15, 0.2) is 18.5 Å². The lowest BCUT2D eigenvalue weighted by Gasteiger charge is -2.28. The number of pyridine rings is 1. The van der Waals surface area contributed by atoms with Crippen molar-refractivity contribution < 1.29 is 9.13 Å². The zero-order valence-electron chi connectivity index (χ0n) is 10.2. The summed E-state index contributed by atoms with van der Waals surface area (Å²) in [4.78, 5) is 3.81. The minimum atomic E-state index is -0.326. The quantitative estimate of drug-likeness (QED) is 0.875. The third-order valence-corrected chi connectivity index (χ3v) is 3.49. The van der Waals surface area contributed by atoms with Gasteiger partial charge in [-0.15, -0.1) is 0 Å². The van der Waals surface area contributed by atoms with Gasteiger partial charge in [0.2, 0.25) is 0 Å². The summed E-state index contributed by atoms with van der Waals surface area (Å²) in [6.07, 6.45) is 5.96. The molecule has 2 rings (SSSR count). The van der Waals surface area contributed by atoms with E-state index in [4.69, 9.17) is 10.5 Å². The van der Waals surface area contributed by atoms with Crippen molar-refractivity contribution in [1.82, 2.24) is 4.98 Å². The largest absolute Gasteiger partial charge is 0.369 e. The number of halogens is 1. The zero-order valence-corrected chi connectivity index (χ0v) is 10.2. The van der Waals surface area contributed by atoms with Gasteiger partial charge >= 0.3 is 0 Å². The van der Waals surface area contributed by atoms with Crippen LogP contribution in [0.1, 0.15) is 31.7 Å². The Labute approximate surface area is 101 Å². The highest BCUT2D eigenvalue weighted by Gasteiger charge is 2.37. The predicted octanol–water partition coefficient (Wildman–Crippen LogP) is 2.25. The maximum atomic E-state index is 13.0. The van der Waals surface area contributed by atoms with Crippen molar-refractivity contribution in [2.45, 2.75) is 38.4 Å². The molecule has 0 aromatic carbocycles. The van der Waals surface area contributed by atoms with Crippen molar-refractivity contribution in [3.63, 3.8) is 0 Å². The Morgan fingerprint density at radius 2 is 2.41 bits per heavy atom. The van der Waals surface area contributed by atoms with Crippen molar-refractivity contribution in [2.24, 2.45) is 11.7 Å². The van der Waals surface area contributed by atoms with Crippen LogP contribution in [0.2, 0.25) is 0 Å². The van der Waals surface area contributed by atoms with E-state index in [-0.39, 0.29) is 11.4 Å². The third-order valence-electron chi connectivity index (χ3n) is 3.49. The summed E-state index contributed by atoms with van der Waals surface area (Å²) in [6.45, 7) is 3.12.